The largest absolute Gasteiger partial charge is 0.497 e. The SMILES string of the molecule is C=CC1CN2CCC1CC2[C@@H](NC(=O)c1ccc(Br)cn1)c1ccnc2ccc(OC)cc12. The van der Waals surface area contributed by atoms with Crippen LogP contribution in [0.5, 0.6) is 5.75 Å². The maximum absolute atomic E-state index is 13.3. The van der Waals surface area contributed by atoms with Gasteiger partial charge < -0.3 is 10.1 Å². The molecule has 0 aliphatic carbocycles. The van der Waals surface area contributed by atoms with Crippen molar-refractivity contribution >= 4 is 32.7 Å². The van der Waals surface area contributed by atoms with Crippen molar-refractivity contribution < 1.29 is 9.53 Å². The van der Waals surface area contributed by atoms with E-state index in [1.807, 2.05) is 36.5 Å². The molecular formula is C26H27BrN4O2. The third-order valence-corrected chi connectivity index (χ3v) is 7.57. The van der Waals surface area contributed by atoms with Crippen LogP contribution >= 0.6 is 15.9 Å². The Morgan fingerprint density at radius 2 is 2.18 bits per heavy atom. The molecule has 3 aliphatic rings. The van der Waals surface area contributed by atoms with Crippen molar-refractivity contribution in [2.45, 2.75) is 24.9 Å². The number of hydrogen-bond acceptors (Lipinski definition) is 5. The highest BCUT2D eigenvalue weighted by atomic mass is 79.9. The van der Waals surface area contributed by atoms with Gasteiger partial charge in [-0.15, -0.1) is 6.58 Å². The van der Waals surface area contributed by atoms with E-state index in [2.05, 4.69) is 48.8 Å². The number of benzene rings is 1. The van der Waals surface area contributed by atoms with Gasteiger partial charge in [-0.2, -0.15) is 0 Å². The van der Waals surface area contributed by atoms with E-state index < -0.39 is 0 Å². The summed E-state index contributed by atoms with van der Waals surface area (Å²) in [7, 11) is 1.66. The molecule has 3 aromatic rings. The Hall–Kier alpha value is -2.77. The summed E-state index contributed by atoms with van der Waals surface area (Å²) in [6.45, 7) is 6.07. The highest BCUT2D eigenvalue weighted by molar-refractivity contribution is 9.10. The topological polar surface area (TPSA) is 67.4 Å². The zero-order valence-electron chi connectivity index (χ0n) is 18.6. The fourth-order valence-corrected chi connectivity index (χ4v) is 5.61. The zero-order chi connectivity index (χ0) is 22.9. The van der Waals surface area contributed by atoms with Crippen LogP contribution in [0.1, 0.15) is 34.9 Å². The van der Waals surface area contributed by atoms with Crippen LogP contribution in [0.15, 0.2) is 65.9 Å². The molecule has 5 heterocycles. The Labute approximate surface area is 202 Å². The number of nitrogens with one attached hydrogen (secondary N) is 1. The number of halogens is 1. The number of ether oxygens (including phenoxy) is 1. The monoisotopic (exact) mass is 506 g/mol. The molecular weight excluding hydrogens is 480 g/mol. The van der Waals surface area contributed by atoms with Crippen LogP contribution in [0, 0.1) is 11.8 Å². The Balaban J connectivity index is 1.56. The average Bonchev–Trinajstić information content (AvgIpc) is 2.87. The van der Waals surface area contributed by atoms with E-state index in [9.17, 15) is 4.79 Å². The molecule has 7 heteroatoms. The van der Waals surface area contributed by atoms with Crippen molar-refractivity contribution in [2.75, 3.05) is 20.2 Å². The second-order valence-corrected chi connectivity index (χ2v) is 9.76. The number of hydrogen-bond donors (Lipinski definition) is 1. The van der Waals surface area contributed by atoms with Crippen molar-refractivity contribution in [3.8, 4) is 5.75 Å². The van der Waals surface area contributed by atoms with Crippen molar-refractivity contribution in [2.24, 2.45) is 11.8 Å². The van der Waals surface area contributed by atoms with Crippen molar-refractivity contribution in [3.63, 3.8) is 0 Å². The van der Waals surface area contributed by atoms with Gasteiger partial charge in [-0.05, 0) is 89.1 Å². The lowest BCUT2D eigenvalue weighted by atomic mass is 9.73. The maximum Gasteiger partial charge on any atom is 0.270 e. The summed E-state index contributed by atoms with van der Waals surface area (Å²) in [5.74, 6) is 1.69. The Kier molecular flexibility index (Phi) is 6.17. The quantitative estimate of drug-likeness (QED) is 0.487. The van der Waals surface area contributed by atoms with E-state index in [4.69, 9.17) is 4.74 Å². The van der Waals surface area contributed by atoms with Crippen molar-refractivity contribution in [1.82, 2.24) is 20.2 Å². The van der Waals surface area contributed by atoms with Crippen LogP contribution in [-0.4, -0.2) is 47.0 Å². The summed E-state index contributed by atoms with van der Waals surface area (Å²) in [6.07, 6.45) is 7.76. The molecule has 0 radical (unpaired) electrons. The number of nitrogens with zero attached hydrogens (tertiary/aromatic N) is 3. The molecule has 3 saturated heterocycles. The fourth-order valence-electron chi connectivity index (χ4n) is 5.38. The average molecular weight is 507 g/mol. The Morgan fingerprint density at radius 1 is 1.30 bits per heavy atom. The summed E-state index contributed by atoms with van der Waals surface area (Å²) in [5, 5.41) is 4.33. The number of methoxy groups -OCH3 is 1. The number of carbonyl (C=O) groups is 1. The molecule has 4 unspecified atom stereocenters. The highest BCUT2D eigenvalue weighted by Crippen LogP contribution is 2.42. The molecule has 33 heavy (non-hydrogen) atoms. The van der Waals surface area contributed by atoms with Crippen LogP contribution in [0.2, 0.25) is 0 Å². The fraction of sp³-hybridized carbons (Fsp3) is 0.346. The molecule has 3 aliphatic heterocycles. The van der Waals surface area contributed by atoms with Crippen molar-refractivity contribution in [1.29, 1.82) is 0 Å². The molecule has 3 fully saturated rings. The highest BCUT2D eigenvalue weighted by Gasteiger charge is 2.43. The van der Waals surface area contributed by atoms with E-state index in [0.29, 0.717) is 17.5 Å². The minimum atomic E-state index is -0.200. The lowest BCUT2D eigenvalue weighted by molar-refractivity contribution is 0.00167. The lowest BCUT2D eigenvalue weighted by Gasteiger charge is -2.51. The number of rotatable bonds is 6. The van der Waals surface area contributed by atoms with E-state index in [0.717, 1.165) is 46.2 Å². The van der Waals surface area contributed by atoms with Crippen LogP contribution in [0.4, 0.5) is 0 Å². The minimum Gasteiger partial charge on any atom is -0.497 e. The first kappa shape index (κ1) is 22.0. The molecule has 1 amide bonds. The van der Waals surface area contributed by atoms with Gasteiger partial charge in [0.15, 0.2) is 0 Å². The number of piperidine rings is 3. The standard InChI is InChI=1S/C26H27BrN4O2/c1-3-16-15-31-11-9-17(16)12-24(31)25(30-26(32)23-6-4-18(27)14-29-23)20-8-10-28-22-7-5-19(33-2)13-21(20)22/h3-8,10,13-14,16-17,24-25H,1,9,11-12,15H2,2H3,(H,30,32)/t16?,17?,24?,25-/m0/s1. The van der Waals surface area contributed by atoms with Gasteiger partial charge in [-0.25, -0.2) is 4.98 Å². The summed E-state index contributed by atoms with van der Waals surface area (Å²) < 4.78 is 6.33. The molecule has 6 nitrogen and oxygen atoms in total. The van der Waals surface area contributed by atoms with Gasteiger partial charge in [-0.1, -0.05) is 6.08 Å². The second-order valence-electron chi connectivity index (χ2n) is 8.84. The molecule has 0 spiro atoms. The summed E-state index contributed by atoms with van der Waals surface area (Å²) >= 11 is 3.39. The lowest BCUT2D eigenvalue weighted by Crippen LogP contribution is -2.57. The predicted octanol–water partition coefficient (Wildman–Crippen LogP) is 4.77. The van der Waals surface area contributed by atoms with Gasteiger partial charge >= 0.3 is 0 Å². The molecule has 0 saturated carbocycles. The molecule has 2 aromatic heterocycles. The van der Waals surface area contributed by atoms with E-state index in [1.165, 1.54) is 6.42 Å². The molecule has 1 aromatic carbocycles. The van der Waals surface area contributed by atoms with Gasteiger partial charge in [-0.3, -0.25) is 14.7 Å². The molecule has 2 bridgehead atoms. The minimum absolute atomic E-state index is 0.178. The summed E-state index contributed by atoms with van der Waals surface area (Å²) in [4.78, 5) is 24.7. The normalized spacial score (nSPS) is 24.9. The zero-order valence-corrected chi connectivity index (χ0v) is 20.2. The summed E-state index contributed by atoms with van der Waals surface area (Å²) in [6, 6.07) is 11.5. The predicted molar refractivity (Wildman–Crippen MR) is 132 cm³/mol. The number of amides is 1. The van der Waals surface area contributed by atoms with E-state index in [-0.39, 0.29) is 18.0 Å². The molecule has 5 atom stereocenters. The number of pyridine rings is 2. The van der Waals surface area contributed by atoms with Crippen molar-refractivity contribution in [3.05, 3.63) is 77.2 Å². The number of carbonyl (C=O) groups excluding carboxylic acids is 1. The van der Waals surface area contributed by atoms with E-state index >= 15 is 0 Å². The Morgan fingerprint density at radius 3 is 2.88 bits per heavy atom. The third kappa shape index (κ3) is 4.27. The maximum atomic E-state index is 13.3. The second kappa shape index (κ2) is 9.23. The van der Waals surface area contributed by atoms with Gasteiger partial charge in [0.25, 0.3) is 5.91 Å². The first-order chi connectivity index (χ1) is 16.1. The van der Waals surface area contributed by atoms with Crippen LogP contribution in [-0.2, 0) is 0 Å². The number of fused-ring (bicyclic) bond motifs is 4. The number of aromatic nitrogens is 2. The van der Waals surface area contributed by atoms with Gasteiger partial charge in [0.2, 0.25) is 0 Å². The first-order valence-corrected chi connectivity index (χ1v) is 12.1. The molecule has 170 valence electrons. The Bertz CT molecular complexity index is 1180. The first-order valence-electron chi connectivity index (χ1n) is 11.3. The van der Waals surface area contributed by atoms with Crippen LogP contribution in [0.25, 0.3) is 10.9 Å². The van der Waals surface area contributed by atoms with Gasteiger partial charge in [0.1, 0.15) is 11.4 Å². The van der Waals surface area contributed by atoms with Gasteiger partial charge in [0, 0.05) is 34.8 Å². The third-order valence-electron chi connectivity index (χ3n) is 7.10. The molecule has 6 rings (SSSR count). The molecule has 1 N–H and O–H groups in total. The van der Waals surface area contributed by atoms with Gasteiger partial charge in [0.05, 0.1) is 18.7 Å². The van der Waals surface area contributed by atoms with E-state index in [1.54, 1.807) is 19.4 Å². The van der Waals surface area contributed by atoms with Crippen LogP contribution in [0.3, 0.4) is 0 Å². The summed E-state index contributed by atoms with van der Waals surface area (Å²) in [5.41, 5.74) is 2.34. The smallest absolute Gasteiger partial charge is 0.270 e. The van der Waals surface area contributed by atoms with Crippen LogP contribution < -0.4 is 10.1 Å².